The second kappa shape index (κ2) is 7.35. The Labute approximate surface area is 122 Å². The van der Waals surface area contributed by atoms with Crippen molar-refractivity contribution >= 4 is 11.8 Å². The molecule has 1 saturated carbocycles. The Morgan fingerprint density at radius 1 is 1.26 bits per heavy atom. The molecule has 1 aromatic carbocycles. The van der Waals surface area contributed by atoms with Crippen LogP contribution >= 0.6 is 11.8 Å². The van der Waals surface area contributed by atoms with Crippen molar-refractivity contribution in [1.29, 1.82) is 0 Å². The monoisotopic (exact) mass is 277 g/mol. The van der Waals surface area contributed by atoms with Crippen LogP contribution in [-0.4, -0.2) is 18.3 Å². The molecular formula is C17H27NS. The molecule has 1 fully saturated rings. The summed E-state index contributed by atoms with van der Waals surface area (Å²) in [5, 5.41) is 4.27. The summed E-state index contributed by atoms with van der Waals surface area (Å²) in [5.41, 5.74) is 1.42. The first kappa shape index (κ1) is 14.9. The van der Waals surface area contributed by atoms with Gasteiger partial charge in [-0.05, 0) is 50.8 Å². The van der Waals surface area contributed by atoms with E-state index in [4.69, 9.17) is 0 Å². The van der Waals surface area contributed by atoms with E-state index in [1.807, 2.05) is 0 Å². The van der Waals surface area contributed by atoms with E-state index >= 15 is 0 Å². The summed E-state index contributed by atoms with van der Waals surface area (Å²) in [6.45, 7) is 4.54. The van der Waals surface area contributed by atoms with Crippen LogP contribution in [0.25, 0.3) is 0 Å². The fourth-order valence-electron chi connectivity index (χ4n) is 3.19. The highest BCUT2D eigenvalue weighted by atomic mass is 32.2. The Bertz CT molecular complexity index is 391. The number of hydrogen-bond donors (Lipinski definition) is 1. The number of rotatable bonds is 5. The molecule has 1 aliphatic rings. The highest BCUT2D eigenvalue weighted by Crippen LogP contribution is 2.38. The third-order valence-electron chi connectivity index (χ3n) is 4.34. The van der Waals surface area contributed by atoms with Gasteiger partial charge >= 0.3 is 0 Å². The maximum absolute atomic E-state index is 3.54. The zero-order valence-electron chi connectivity index (χ0n) is 12.5. The molecule has 1 nitrogen and oxygen atoms in total. The number of aryl methyl sites for hydroxylation is 1. The molecule has 3 unspecified atom stereocenters. The van der Waals surface area contributed by atoms with E-state index in [1.165, 1.54) is 42.6 Å². The molecule has 2 rings (SSSR count). The van der Waals surface area contributed by atoms with E-state index in [1.54, 1.807) is 0 Å². The van der Waals surface area contributed by atoms with E-state index in [0.717, 1.165) is 11.2 Å². The molecule has 1 aromatic rings. The van der Waals surface area contributed by atoms with E-state index in [2.05, 4.69) is 62.2 Å². The van der Waals surface area contributed by atoms with Crippen LogP contribution in [0.2, 0.25) is 0 Å². The van der Waals surface area contributed by atoms with Gasteiger partial charge in [0.1, 0.15) is 0 Å². The van der Waals surface area contributed by atoms with Gasteiger partial charge in [-0.15, -0.1) is 11.8 Å². The van der Waals surface area contributed by atoms with Crippen molar-refractivity contribution in [3.05, 3.63) is 29.8 Å². The molecular weight excluding hydrogens is 250 g/mol. The van der Waals surface area contributed by atoms with Crippen molar-refractivity contribution in [1.82, 2.24) is 5.32 Å². The van der Waals surface area contributed by atoms with Gasteiger partial charge in [0.05, 0.1) is 0 Å². The molecule has 0 radical (unpaired) electrons. The van der Waals surface area contributed by atoms with Crippen molar-refractivity contribution in [3.63, 3.8) is 0 Å². The van der Waals surface area contributed by atoms with Crippen LogP contribution < -0.4 is 5.32 Å². The third-order valence-corrected chi connectivity index (χ3v) is 5.88. The number of thioether (sulfide) groups is 1. The molecule has 1 aliphatic carbocycles. The Hall–Kier alpha value is -0.470. The van der Waals surface area contributed by atoms with Crippen molar-refractivity contribution in [2.45, 2.75) is 62.1 Å². The van der Waals surface area contributed by atoms with Crippen LogP contribution in [0.1, 0.15) is 44.6 Å². The van der Waals surface area contributed by atoms with Crippen molar-refractivity contribution in [2.24, 2.45) is 5.92 Å². The first-order chi connectivity index (χ1) is 9.24. The second-order valence-electron chi connectivity index (χ2n) is 5.78. The summed E-state index contributed by atoms with van der Waals surface area (Å²) in [6, 6.07) is 9.48. The summed E-state index contributed by atoms with van der Waals surface area (Å²) < 4.78 is 0. The third kappa shape index (κ3) is 4.00. The van der Waals surface area contributed by atoms with E-state index in [0.29, 0.717) is 6.04 Å². The predicted molar refractivity (Wildman–Crippen MR) is 85.9 cm³/mol. The van der Waals surface area contributed by atoms with Crippen LogP contribution in [0, 0.1) is 12.8 Å². The number of hydrogen-bond acceptors (Lipinski definition) is 2. The lowest BCUT2D eigenvalue weighted by molar-refractivity contribution is 0.295. The summed E-state index contributed by atoms with van der Waals surface area (Å²) in [5.74, 6) is 0.941. The van der Waals surface area contributed by atoms with Gasteiger partial charge in [-0.2, -0.15) is 0 Å². The molecule has 0 saturated heterocycles. The lowest BCUT2D eigenvalue weighted by Gasteiger charge is -2.36. The molecule has 0 heterocycles. The van der Waals surface area contributed by atoms with Gasteiger partial charge in [0, 0.05) is 16.2 Å². The molecule has 2 heteroatoms. The van der Waals surface area contributed by atoms with Gasteiger partial charge in [0.25, 0.3) is 0 Å². The van der Waals surface area contributed by atoms with Gasteiger partial charge in [0.2, 0.25) is 0 Å². The fraction of sp³-hybridized carbons (Fsp3) is 0.647. The molecule has 0 aliphatic heterocycles. The minimum atomic E-state index is 0.678. The molecule has 0 aromatic heterocycles. The molecule has 0 bridgehead atoms. The molecule has 3 atom stereocenters. The standard InChI is InChI=1S/C17H27NS/c1-4-7-14-10-11-15(18-3)17(12-14)19-16-9-6-5-8-13(16)2/h5-6,8-9,14-15,17-18H,4,7,10-12H2,1-3H3. The first-order valence-electron chi connectivity index (χ1n) is 7.64. The fourth-order valence-corrected chi connectivity index (χ4v) is 4.74. The summed E-state index contributed by atoms with van der Waals surface area (Å²) in [7, 11) is 2.12. The van der Waals surface area contributed by atoms with Crippen LogP contribution in [0.15, 0.2) is 29.2 Å². The minimum Gasteiger partial charge on any atom is -0.316 e. The topological polar surface area (TPSA) is 12.0 Å². The zero-order chi connectivity index (χ0) is 13.7. The SMILES string of the molecule is CCCC1CCC(NC)C(Sc2ccccc2C)C1. The highest BCUT2D eigenvalue weighted by Gasteiger charge is 2.30. The Morgan fingerprint density at radius 2 is 2.05 bits per heavy atom. The number of benzene rings is 1. The van der Waals surface area contributed by atoms with Crippen LogP contribution in [0.4, 0.5) is 0 Å². The van der Waals surface area contributed by atoms with E-state index in [9.17, 15) is 0 Å². The highest BCUT2D eigenvalue weighted by molar-refractivity contribution is 8.00. The van der Waals surface area contributed by atoms with Gasteiger partial charge in [-0.3, -0.25) is 0 Å². The van der Waals surface area contributed by atoms with Crippen LogP contribution in [-0.2, 0) is 0 Å². The maximum atomic E-state index is 3.54. The predicted octanol–water partition coefficient (Wildman–Crippen LogP) is 4.64. The largest absolute Gasteiger partial charge is 0.316 e. The van der Waals surface area contributed by atoms with Crippen molar-refractivity contribution in [2.75, 3.05) is 7.05 Å². The van der Waals surface area contributed by atoms with Crippen LogP contribution in [0.5, 0.6) is 0 Å². The van der Waals surface area contributed by atoms with Crippen LogP contribution in [0.3, 0.4) is 0 Å². The summed E-state index contributed by atoms with van der Waals surface area (Å²) in [6.07, 6.45) is 6.85. The molecule has 106 valence electrons. The zero-order valence-corrected chi connectivity index (χ0v) is 13.3. The lowest BCUT2D eigenvalue weighted by atomic mass is 9.83. The number of nitrogens with one attached hydrogen (secondary N) is 1. The minimum absolute atomic E-state index is 0.678. The summed E-state index contributed by atoms with van der Waals surface area (Å²) >= 11 is 2.09. The van der Waals surface area contributed by atoms with Crippen molar-refractivity contribution < 1.29 is 0 Å². The summed E-state index contributed by atoms with van der Waals surface area (Å²) in [4.78, 5) is 1.46. The van der Waals surface area contributed by atoms with E-state index in [-0.39, 0.29) is 0 Å². The Balaban J connectivity index is 2.04. The quantitative estimate of drug-likeness (QED) is 0.841. The molecule has 0 amide bonds. The average Bonchev–Trinajstić information content (AvgIpc) is 2.42. The Kier molecular flexibility index (Phi) is 5.77. The van der Waals surface area contributed by atoms with E-state index < -0.39 is 0 Å². The van der Waals surface area contributed by atoms with Gasteiger partial charge in [-0.25, -0.2) is 0 Å². The maximum Gasteiger partial charge on any atom is 0.0251 e. The second-order valence-corrected chi connectivity index (χ2v) is 7.07. The molecule has 0 spiro atoms. The normalized spacial score (nSPS) is 27.4. The Morgan fingerprint density at radius 3 is 2.74 bits per heavy atom. The van der Waals surface area contributed by atoms with Gasteiger partial charge in [-0.1, -0.05) is 38.0 Å². The molecule has 19 heavy (non-hydrogen) atoms. The van der Waals surface area contributed by atoms with Gasteiger partial charge in [0.15, 0.2) is 0 Å². The first-order valence-corrected chi connectivity index (χ1v) is 8.52. The van der Waals surface area contributed by atoms with Gasteiger partial charge < -0.3 is 5.32 Å². The lowest BCUT2D eigenvalue weighted by Crippen LogP contribution is -2.40. The molecule has 1 N–H and O–H groups in total. The average molecular weight is 277 g/mol. The van der Waals surface area contributed by atoms with Crippen molar-refractivity contribution in [3.8, 4) is 0 Å². The smallest absolute Gasteiger partial charge is 0.0251 e.